The lowest BCUT2D eigenvalue weighted by atomic mass is 10.1. The van der Waals surface area contributed by atoms with Gasteiger partial charge >= 0.3 is 0 Å². The lowest BCUT2D eigenvalue weighted by Gasteiger charge is -2.29. The van der Waals surface area contributed by atoms with E-state index in [0.29, 0.717) is 0 Å². The molecule has 0 atom stereocenters. The van der Waals surface area contributed by atoms with E-state index >= 15 is 0 Å². The van der Waals surface area contributed by atoms with E-state index in [9.17, 15) is 0 Å². The van der Waals surface area contributed by atoms with Gasteiger partial charge in [0.05, 0.1) is 7.11 Å². The first-order chi connectivity index (χ1) is 8.38. The first-order valence-electron chi connectivity index (χ1n) is 5.81. The van der Waals surface area contributed by atoms with Gasteiger partial charge in [0.2, 0.25) is 0 Å². The van der Waals surface area contributed by atoms with E-state index < -0.39 is 0 Å². The van der Waals surface area contributed by atoms with Crippen LogP contribution >= 0.6 is 0 Å². The summed E-state index contributed by atoms with van der Waals surface area (Å²) >= 11 is 0. The predicted molar refractivity (Wildman–Crippen MR) is 67.8 cm³/mol. The average molecular weight is 229 g/mol. The predicted octanol–water partition coefficient (Wildman–Crippen LogP) is 2.20. The van der Waals surface area contributed by atoms with Crippen LogP contribution in [0.1, 0.15) is 0 Å². The zero-order chi connectivity index (χ0) is 11.7. The van der Waals surface area contributed by atoms with Gasteiger partial charge in [-0.05, 0) is 11.5 Å². The highest BCUT2D eigenvalue weighted by atomic mass is 16.5. The summed E-state index contributed by atoms with van der Waals surface area (Å²) in [5.74, 6) is 1.66. The molecule has 0 spiro atoms. The second-order valence-electron chi connectivity index (χ2n) is 4.22. The third-order valence-electron chi connectivity index (χ3n) is 3.09. The van der Waals surface area contributed by atoms with Crippen molar-refractivity contribution in [1.29, 1.82) is 0 Å². The summed E-state index contributed by atoms with van der Waals surface area (Å²) < 4.78 is 11.4. The van der Waals surface area contributed by atoms with Crippen molar-refractivity contribution in [2.24, 2.45) is 0 Å². The molecule has 3 nitrogen and oxygen atoms in total. The number of methoxy groups -OCH3 is 1. The van der Waals surface area contributed by atoms with Crippen molar-refractivity contribution in [1.82, 2.24) is 5.32 Å². The molecule has 3 rings (SSSR count). The molecule has 0 bridgehead atoms. The summed E-state index contributed by atoms with van der Waals surface area (Å²) in [5, 5.41) is 5.49. The molecule has 1 saturated heterocycles. The van der Waals surface area contributed by atoms with E-state index in [-0.39, 0.29) is 6.10 Å². The number of hydrogen-bond donors (Lipinski definition) is 1. The maximum atomic E-state index is 6.00. The molecule has 0 radical (unpaired) electrons. The van der Waals surface area contributed by atoms with Crippen LogP contribution in [-0.2, 0) is 0 Å². The molecular formula is C14H15NO2. The quantitative estimate of drug-likeness (QED) is 0.875. The van der Waals surface area contributed by atoms with Crippen molar-refractivity contribution in [2.75, 3.05) is 20.2 Å². The lowest BCUT2D eigenvalue weighted by molar-refractivity contribution is 0.139. The van der Waals surface area contributed by atoms with E-state index in [2.05, 4.69) is 23.5 Å². The molecule has 1 N–H and O–H groups in total. The monoisotopic (exact) mass is 229 g/mol. The number of rotatable bonds is 3. The largest absolute Gasteiger partial charge is 0.493 e. The highest BCUT2D eigenvalue weighted by Crippen LogP contribution is 2.36. The fourth-order valence-electron chi connectivity index (χ4n) is 2.02. The summed E-state index contributed by atoms with van der Waals surface area (Å²) in [5.41, 5.74) is 0. The van der Waals surface area contributed by atoms with Gasteiger partial charge in [0.15, 0.2) is 11.5 Å². The average Bonchev–Trinajstić information content (AvgIpc) is 2.33. The molecule has 0 amide bonds. The number of ether oxygens (including phenoxy) is 2. The van der Waals surface area contributed by atoms with Crippen molar-refractivity contribution < 1.29 is 9.47 Å². The van der Waals surface area contributed by atoms with E-state index in [1.165, 1.54) is 5.39 Å². The van der Waals surface area contributed by atoms with Crippen LogP contribution < -0.4 is 14.8 Å². The van der Waals surface area contributed by atoms with Crippen LogP contribution in [0.4, 0.5) is 0 Å². The maximum absolute atomic E-state index is 6.00. The fourth-order valence-corrected chi connectivity index (χ4v) is 2.02. The van der Waals surface area contributed by atoms with Crippen molar-refractivity contribution in [3.05, 3.63) is 36.4 Å². The highest BCUT2D eigenvalue weighted by Gasteiger charge is 2.21. The zero-order valence-electron chi connectivity index (χ0n) is 9.77. The van der Waals surface area contributed by atoms with Crippen LogP contribution in [0.3, 0.4) is 0 Å². The summed E-state index contributed by atoms with van der Waals surface area (Å²) in [4.78, 5) is 0. The fraction of sp³-hybridized carbons (Fsp3) is 0.286. The minimum Gasteiger partial charge on any atom is -0.493 e. The van der Waals surface area contributed by atoms with Crippen LogP contribution in [0.15, 0.2) is 36.4 Å². The van der Waals surface area contributed by atoms with Crippen LogP contribution in [-0.4, -0.2) is 26.3 Å². The Labute approximate surface area is 100 Å². The van der Waals surface area contributed by atoms with E-state index in [1.807, 2.05) is 18.2 Å². The van der Waals surface area contributed by atoms with Gasteiger partial charge in [0, 0.05) is 18.5 Å². The van der Waals surface area contributed by atoms with Gasteiger partial charge in [-0.25, -0.2) is 0 Å². The Morgan fingerprint density at radius 3 is 2.65 bits per heavy atom. The SMILES string of the molecule is COc1ccc2ccccc2c1OC1CNC1. The summed E-state index contributed by atoms with van der Waals surface area (Å²) in [6.07, 6.45) is 0.259. The summed E-state index contributed by atoms with van der Waals surface area (Å²) in [6, 6.07) is 12.2. The molecule has 1 aliphatic rings. The van der Waals surface area contributed by atoms with Gasteiger partial charge in [-0.2, -0.15) is 0 Å². The van der Waals surface area contributed by atoms with E-state index in [4.69, 9.17) is 9.47 Å². The minimum atomic E-state index is 0.259. The van der Waals surface area contributed by atoms with E-state index in [0.717, 1.165) is 30.0 Å². The molecule has 1 aliphatic heterocycles. The molecule has 2 aromatic carbocycles. The first-order valence-corrected chi connectivity index (χ1v) is 5.81. The third kappa shape index (κ3) is 1.83. The van der Waals surface area contributed by atoms with Gasteiger partial charge in [0.1, 0.15) is 6.10 Å². The van der Waals surface area contributed by atoms with Crippen molar-refractivity contribution in [3.63, 3.8) is 0 Å². The van der Waals surface area contributed by atoms with Crippen LogP contribution in [0.2, 0.25) is 0 Å². The molecule has 17 heavy (non-hydrogen) atoms. The number of nitrogens with one attached hydrogen (secondary N) is 1. The second kappa shape index (κ2) is 4.26. The smallest absolute Gasteiger partial charge is 0.169 e. The molecular weight excluding hydrogens is 214 g/mol. The Bertz CT molecular complexity index is 535. The topological polar surface area (TPSA) is 30.5 Å². The molecule has 0 aliphatic carbocycles. The van der Waals surface area contributed by atoms with Crippen LogP contribution in [0.5, 0.6) is 11.5 Å². The first kappa shape index (κ1) is 10.4. The maximum Gasteiger partial charge on any atom is 0.169 e. The van der Waals surface area contributed by atoms with Crippen LogP contribution in [0, 0.1) is 0 Å². The molecule has 1 heterocycles. The Morgan fingerprint density at radius 1 is 1.12 bits per heavy atom. The third-order valence-corrected chi connectivity index (χ3v) is 3.09. The standard InChI is InChI=1S/C14H15NO2/c1-16-13-7-6-10-4-2-3-5-12(10)14(13)17-11-8-15-9-11/h2-7,11,15H,8-9H2,1H3. The van der Waals surface area contributed by atoms with Gasteiger partial charge in [-0.15, -0.1) is 0 Å². The molecule has 0 unspecified atom stereocenters. The Hall–Kier alpha value is -1.74. The number of benzene rings is 2. The highest BCUT2D eigenvalue weighted by molar-refractivity contribution is 5.90. The molecule has 3 heteroatoms. The minimum absolute atomic E-state index is 0.259. The van der Waals surface area contributed by atoms with Gasteiger partial charge in [-0.1, -0.05) is 30.3 Å². The van der Waals surface area contributed by atoms with Crippen molar-refractivity contribution in [3.8, 4) is 11.5 Å². The summed E-state index contributed by atoms with van der Waals surface area (Å²) in [7, 11) is 1.68. The summed E-state index contributed by atoms with van der Waals surface area (Å²) in [6.45, 7) is 1.82. The Kier molecular flexibility index (Phi) is 2.61. The normalized spacial score (nSPS) is 15.6. The van der Waals surface area contributed by atoms with Gasteiger partial charge < -0.3 is 14.8 Å². The Balaban J connectivity index is 2.09. The van der Waals surface area contributed by atoms with Gasteiger partial charge in [-0.3, -0.25) is 0 Å². The molecule has 1 fully saturated rings. The molecule has 0 aromatic heterocycles. The lowest BCUT2D eigenvalue weighted by Crippen LogP contribution is -2.50. The molecule has 88 valence electrons. The Morgan fingerprint density at radius 2 is 1.94 bits per heavy atom. The zero-order valence-corrected chi connectivity index (χ0v) is 9.77. The van der Waals surface area contributed by atoms with Crippen molar-refractivity contribution in [2.45, 2.75) is 6.10 Å². The molecule has 0 saturated carbocycles. The number of hydrogen-bond acceptors (Lipinski definition) is 3. The number of fused-ring (bicyclic) bond motifs is 1. The second-order valence-corrected chi connectivity index (χ2v) is 4.22. The van der Waals surface area contributed by atoms with Crippen molar-refractivity contribution >= 4 is 10.8 Å². The molecule has 2 aromatic rings. The van der Waals surface area contributed by atoms with Gasteiger partial charge in [0.25, 0.3) is 0 Å². The van der Waals surface area contributed by atoms with E-state index in [1.54, 1.807) is 7.11 Å². The van der Waals surface area contributed by atoms with Crippen LogP contribution in [0.25, 0.3) is 10.8 Å².